The van der Waals surface area contributed by atoms with Crippen LogP contribution in [0.1, 0.15) is 46.5 Å². The van der Waals surface area contributed by atoms with E-state index in [-0.39, 0.29) is 5.41 Å². The van der Waals surface area contributed by atoms with Gasteiger partial charge in [-0.25, -0.2) is 0 Å². The Kier molecular flexibility index (Phi) is 2.77. The highest BCUT2D eigenvalue weighted by Crippen LogP contribution is 2.39. The van der Waals surface area contributed by atoms with Gasteiger partial charge in [0.15, 0.2) is 0 Å². The molecule has 0 spiro atoms. The van der Waals surface area contributed by atoms with Crippen molar-refractivity contribution in [3.63, 3.8) is 0 Å². The molecule has 1 nitrogen and oxygen atoms in total. The lowest BCUT2D eigenvalue weighted by molar-refractivity contribution is 0.187. The first-order chi connectivity index (χ1) is 5.56. The summed E-state index contributed by atoms with van der Waals surface area (Å²) in [4.78, 5) is 0. The van der Waals surface area contributed by atoms with Crippen LogP contribution in [0.25, 0.3) is 0 Å². The largest absolute Gasteiger partial charge is 0.198 e. The van der Waals surface area contributed by atoms with Crippen LogP contribution in [0.15, 0.2) is 0 Å². The summed E-state index contributed by atoms with van der Waals surface area (Å²) in [5, 5.41) is 8.96. The van der Waals surface area contributed by atoms with Gasteiger partial charge >= 0.3 is 0 Å². The van der Waals surface area contributed by atoms with Crippen LogP contribution in [0.2, 0.25) is 0 Å². The summed E-state index contributed by atoms with van der Waals surface area (Å²) in [5.41, 5.74) is -0.0971. The molecule has 0 saturated heterocycles. The second-order valence-electron chi connectivity index (χ2n) is 4.79. The van der Waals surface area contributed by atoms with Gasteiger partial charge in [-0.1, -0.05) is 19.8 Å². The maximum absolute atomic E-state index is 8.96. The monoisotopic (exact) mass is 165 g/mol. The Bertz CT molecular complexity index is 180. The first-order valence-electron chi connectivity index (χ1n) is 4.97. The van der Waals surface area contributed by atoms with Crippen LogP contribution >= 0.6 is 0 Å². The van der Waals surface area contributed by atoms with Crippen molar-refractivity contribution in [2.75, 3.05) is 0 Å². The Labute approximate surface area is 75.8 Å². The molecule has 0 bridgehead atoms. The van der Waals surface area contributed by atoms with Crippen LogP contribution in [0.5, 0.6) is 0 Å². The van der Waals surface area contributed by atoms with E-state index >= 15 is 0 Å². The molecule has 0 aromatic heterocycles. The molecule has 1 saturated carbocycles. The fourth-order valence-corrected chi connectivity index (χ4v) is 2.07. The van der Waals surface area contributed by atoms with Gasteiger partial charge in [-0.15, -0.1) is 0 Å². The molecule has 1 rings (SSSR count). The molecule has 12 heavy (non-hydrogen) atoms. The predicted octanol–water partition coefficient (Wildman–Crippen LogP) is 3.36. The lowest BCUT2D eigenvalue weighted by Gasteiger charge is -2.33. The summed E-state index contributed by atoms with van der Waals surface area (Å²) >= 11 is 0. The maximum atomic E-state index is 8.96. The van der Waals surface area contributed by atoms with Crippen LogP contribution in [-0.2, 0) is 0 Å². The molecule has 1 heteroatoms. The molecule has 1 fully saturated rings. The second kappa shape index (κ2) is 3.47. The van der Waals surface area contributed by atoms with Crippen molar-refractivity contribution in [2.45, 2.75) is 46.5 Å². The summed E-state index contributed by atoms with van der Waals surface area (Å²) in [6, 6.07) is 2.43. The van der Waals surface area contributed by atoms with Crippen LogP contribution in [0.3, 0.4) is 0 Å². The van der Waals surface area contributed by atoms with Crippen molar-refractivity contribution in [3.05, 3.63) is 0 Å². The Morgan fingerprint density at radius 2 is 1.67 bits per heavy atom. The van der Waals surface area contributed by atoms with E-state index in [2.05, 4.69) is 26.8 Å². The van der Waals surface area contributed by atoms with Gasteiger partial charge in [0, 0.05) is 0 Å². The maximum Gasteiger partial charge on any atom is 0.0686 e. The highest BCUT2D eigenvalue weighted by Gasteiger charge is 2.31. The molecular weight excluding hydrogens is 146 g/mol. The summed E-state index contributed by atoms with van der Waals surface area (Å²) in [6.07, 6.45) is 5.13. The first-order valence-corrected chi connectivity index (χ1v) is 4.97. The number of nitriles is 1. The van der Waals surface area contributed by atoms with E-state index in [0.717, 1.165) is 5.92 Å². The van der Waals surface area contributed by atoms with Gasteiger partial charge in [-0.05, 0) is 38.5 Å². The third kappa shape index (κ3) is 2.00. The molecule has 0 amide bonds. The molecule has 0 radical (unpaired) electrons. The Hall–Kier alpha value is -0.510. The van der Waals surface area contributed by atoms with E-state index in [1.807, 2.05) is 0 Å². The lowest BCUT2D eigenvalue weighted by atomic mass is 9.70. The highest BCUT2D eigenvalue weighted by molar-refractivity contribution is 4.97. The summed E-state index contributed by atoms with van der Waals surface area (Å²) in [6.45, 7) is 6.47. The normalized spacial score (nSPS) is 31.2. The highest BCUT2D eigenvalue weighted by atomic mass is 14.4. The molecule has 0 N–H and O–H groups in total. The van der Waals surface area contributed by atoms with Gasteiger partial charge in [0.05, 0.1) is 11.5 Å². The second-order valence-corrected chi connectivity index (χ2v) is 4.79. The van der Waals surface area contributed by atoms with E-state index in [1.165, 1.54) is 25.7 Å². The minimum Gasteiger partial charge on any atom is -0.198 e. The third-order valence-electron chi connectivity index (χ3n) is 3.32. The van der Waals surface area contributed by atoms with Gasteiger partial charge in [0.25, 0.3) is 0 Å². The Morgan fingerprint density at radius 3 is 2.08 bits per heavy atom. The predicted molar refractivity (Wildman–Crippen MR) is 50.5 cm³/mol. The number of hydrogen-bond acceptors (Lipinski definition) is 1. The fourth-order valence-electron chi connectivity index (χ4n) is 2.07. The molecule has 0 unspecified atom stereocenters. The van der Waals surface area contributed by atoms with E-state index in [4.69, 9.17) is 5.26 Å². The third-order valence-corrected chi connectivity index (χ3v) is 3.32. The fraction of sp³-hybridized carbons (Fsp3) is 0.909. The van der Waals surface area contributed by atoms with Gasteiger partial charge in [0.2, 0.25) is 0 Å². The Morgan fingerprint density at radius 1 is 1.17 bits per heavy atom. The Balaban J connectivity index is 2.51. The van der Waals surface area contributed by atoms with E-state index < -0.39 is 0 Å². The molecule has 0 aliphatic heterocycles. The van der Waals surface area contributed by atoms with Crippen LogP contribution < -0.4 is 0 Å². The summed E-state index contributed by atoms with van der Waals surface area (Å²) in [5.74, 6) is 1.52. The van der Waals surface area contributed by atoms with Crippen molar-refractivity contribution >= 4 is 0 Å². The SMILES string of the molecule is CC1CCC(C(C)(C)C#N)CC1. The molecule has 0 atom stereocenters. The van der Waals surface area contributed by atoms with Gasteiger partial charge in [-0.3, -0.25) is 0 Å². The average molecular weight is 165 g/mol. The topological polar surface area (TPSA) is 23.8 Å². The zero-order valence-corrected chi connectivity index (χ0v) is 8.43. The smallest absolute Gasteiger partial charge is 0.0686 e. The van der Waals surface area contributed by atoms with E-state index in [9.17, 15) is 0 Å². The van der Waals surface area contributed by atoms with E-state index in [1.54, 1.807) is 0 Å². The van der Waals surface area contributed by atoms with Gasteiger partial charge < -0.3 is 0 Å². The number of hydrogen-bond donors (Lipinski definition) is 0. The van der Waals surface area contributed by atoms with Crippen molar-refractivity contribution < 1.29 is 0 Å². The van der Waals surface area contributed by atoms with Crippen molar-refractivity contribution in [3.8, 4) is 6.07 Å². The molecule has 68 valence electrons. The van der Waals surface area contributed by atoms with E-state index in [0.29, 0.717) is 5.92 Å². The lowest BCUT2D eigenvalue weighted by Crippen LogP contribution is -2.26. The average Bonchev–Trinajstić information content (AvgIpc) is 2.05. The quantitative estimate of drug-likeness (QED) is 0.584. The number of rotatable bonds is 1. The molecule has 1 aliphatic rings. The summed E-state index contributed by atoms with van der Waals surface area (Å²) < 4.78 is 0. The molecular formula is C11H19N. The molecule has 0 aromatic carbocycles. The van der Waals surface area contributed by atoms with Gasteiger partial charge in [0.1, 0.15) is 0 Å². The zero-order chi connectivity index (χ0) is 9.19. The molecule has 0 heterocycles. The van der Waals surface area contributed by atoms with Crippen LogP contribution in [0.4, 0.5) is 0 Å². The van der Waals surface area contributed by atoms with Crippen molar-refractivity contribution in [1.82, 2.24) is 0 Å². The zero-order valence-electron chi connectivity index (χ0n) is 8.43. The molecule has 0 aromatic rings. The molecule has 1 aliphatic carbocycles. The standard InChI is InChI=1S/C11H19N/c1-9-4-6-10(7-5-9)11(2,3)8-12/h9-10H,4-7H2,1-3H3. The van der Waals surface area contributed by atoms with Crippen molar-refractivity contribution in [1.29, 1.82) is 5.26 Å². The minimum absolute atomic E-state index is 0.0971. The van der Waals surface area contributed by atoms with Gasteiger partial charge in [-0.2, -0.15) is 5.26 Å². The first kappa shape index (κ1) is 9.58. The van der Waals surface area contributed by atoms with Crippen molar-refractivity contribution in [2.24, 2.45) is 17.3 Å². The minimum atomic E-state index is -0.0971. The van der Waals surface area contributed by atoms with Crippen LogP contribution in [0, 0.1) is 28.6 Å². The number of nitrogens with zero attached hydrogens (tertiary/aromatic N) is 1. The summed E-state index contributed by atoms with van der Waals surface area (Å²) in [7, 11) is 0. The van der Waals surface area contributed by atoms with Crippen LogP contribution in [-0.4, -0.2) is 0 Å².